The fourth-order valence-corrected chi connectivity index (χ4v) is 1.80. The summed E-state index contributed by atoms with van der Waals surface area (Å²) < 4.78 is 11.9. The quantitative estimate of drug-likeness (QED) is 0.370. The van der Waals surface area contributed by atoms with Crippen LogP contribution in [0.15, 0.2) is 0 Å². The van der Waals surface area contributed by atoms with Crippen molar-refractivity contribution in [2.75, 3.05) is 6.61 Å². The number of rotatable bonds is 5. The number of hydrogen-bond acceptors (Lipinski definition) is 6. The van der Waals surface area contributed by atoms with E-state index in [1.54, 1.807) is 0 Å². The van der Waals surface area contributed by atoms with E-state index in [0.29, 0.717) is 12.8 Å². The van der Waals surface area contributed by atoms with E-state index in [0.717, 1.165) is 0 Å². The van der Waals surface area contributed by atoms with Crippen LogP contribution < -0.4 is 5.32 Å². The highest BCUT2D eigenvalue weighted by Gasteiger charge is 2.44. The first-order chi connectivity index (χ1) is 9.01. The van der Waals surface area contributed by atoms with Gasteiger partial charge in [-0.1, -0.05) is 13.3 Å². The maximum atomic E-state index is 11.6. The summed E-state index contributed by atoms with van der Waals surface area (Å²) >= 11 is 0. The Morgan fingerprint density at radius 1 is 1.39 bits per heavy atom. The number of carbonyl (C=O) groups is 1. The number of carbonyl (C=O) groups excluding carboxylic acids is 1. The molecule has 1 amide bonds. The number of hydrogen-bond donors (Lipinski definition) is 5. The van der Waals surface area contributed by atoms with Crippen LogP contribution in [0.4, 0.5) is 0 Å². The Balaban J connectivity index is 2.50. The van der Waals surface area contributed by atoms with Gasteiger partial charge in [-0.25, -0.2) is 0 Å². The highest BCUT2D eigenvalue weighted by molar-refractivity contribution is 5.76. The van der Waals surface area contributed by atoms with Crippen molar-refractivity contribution < 1.29 is 31.3 Å². The number of unbranched alkanes of at least 4 members (excludes halogenated alkanes) is 1. The minimum atomic E-state index is -1.49. The van der Waals surface area contributed by atoms with Gasteiger partial charge < -0.3 is 30.5 Å². The maximum absolute atomic E-state index is 11.6. The summed E-state index contributed by atoms with van der Waals surface area (Å²) in [5.41, 5.74) is 0. The Kier molecular flexibility index (Phi) is 5.33. The topological polar surface area (TPSA) is 119 Å². The van der Waals surface area contributed by atoms with Crippen LogP contribution in [0.3, 0.4) is 0 Å². The van der Waals surface area contributed by atoms with Gasteiger partial charge in [-0.05, 0) is 6.42 Å². The molecule has 0 saturated carbocycles. The van der Waals surface area contributed by atoms with Crippen LogP contribution in [0.5, 0.6) is 0 Å². The summed E-state index contributed by atoms with van der Waals surface area (Å²) in [5.74, 6) is -0.394. The highest BCUT2D eigenvalue weighted by atomic mass is 16.6. The van der Waals surface area contributed by atoms with Crippen molar-refractivity contribution in [2.45, 2.75) is 56.8 Å². The Morgan fingerprint density at radius 3 is 2.72 bits per heavy atom. The molecular formula is C11H21NO6. The molecule has 0 aromatic carbocycles. The van der Waals surface area contributed by atoms with Gasteiger partial charge in [0.05, 0.1) is 6.61 Å². The molecule has 1 rings (SSSR count). The first-order valence-electron chi connectivity index (χ1n) is 6.61. The van der Waals surface area contributed by atoms with E-state index in [-0.39, 0.29) is 13.3 Å². The molecule has 1 aliphatic heterocycles. The molecular weight excluding hydrogens is 242 g/mol. The van der Waals surface area contributed by atoms with Gasteiger partial charge in [-0.3, -0.25) is 4.79 Å². The van der Waals surface area contributed by atoms with Crippen molar-refractivity contribution in [1.82, 2.24) is 5.32 Å². The molecule has 7 nitrogen and oxygen atoms in total. The fourth-order valence-electron chi connectivity index (χ4n) is 1.80. The third kappa shape index (κ3) is 3.63. The molecule has 1 saturated heterocycles. The van der Waals surface area contributed by atoms with Crippen molar-refractivity contribution in [1.29, 1.82) is 0 Å². The molecule has 0 aromatic heterocycles. The van der Waals surface area contributed by atoms with E-state index < -0.39 is 43.2 Å². The second-order valence-corrected chi connectivity index (χ2v) is 4.28. The molecule has 106 valence electrons. The summed E-state index contributed by atoms with van der Waals surface area (Å²) in [6, 6.07) is -1.14. The summed E-state index contributed by atoms with van der Waals surface area (Å²) in [6.45, 7) is -0.304. The van der Waals surface area contributed by atoms with Crippen LogP contribution in [0.25, 0.3) is 0 Å². The summed E-state index contributed by atoms with van der Waals surface area (Å²) in [5, 5.41) is 40.3. The lowest BCUT2D eigenvalue weighted by atomic mass is 9.97. The van der Waals surface area contributed by atoms with Crippen LogP contribution in [0.1, 0.15) is 27.5 Å². The Labute approximate surface area is 107 Å². The molecule has 1 fully saturated rings. The van der Waals surface area contributed by atoms with E-state index in [2.05, 4.69) is 5.32 Å². The van der Waals surface area contributed by atoms with E-state index in [1.807, 2.05) is 0 Å². The van der Waals surface area contributed by atoms with Gasteiger partial charge in [0, 0.05) is 7.79 Å². The molecule has 5 N–H and O–H groups in total. The average Bonchev–Trinajstić information content (AvgIpc) is 2.39. The predicted octanol–water partition coefficient (Wildman–Crippen LogP) is -1.91. The monoisotopic (exact) mass is 264 g/mol. The smallest absolute Gasteiger partial charge is 0.220 e. The molecule has 1 aliphatic rings. The fraction of sp³-hybridized carbons (Fsp3) is 0.909. The maximum Gasteiger partial charge on any atom is 0.220 e. The van der Waals surface area contributed by atoms with Gasteiger partial charge in [0.2, 0.25) is 5.91 Å². The summed E-state index contributed by atoms with van der Waals surface area (Å²) in [4.78, 5) is 11.6. The molecule has 5 atom stereocenters. The van der Waals surface area contributed by atoms with Gasteiger partial charge in [0.25, 0.3) is 0 Å². The second-order valence-electron chi connectivity index (χ2n) is 4.28. The zero-order chi connectivity index (χ0) is 14.4. The second kappa shape index (κ2) is 7.01. The van der Waals surface area contributed by atoms with Crippen LogP contribution in [0, 0.1) is 0 Å². The number of aliphatic hydroxyl groups excluding tert-OH is 4. The van der Waals surface area contributed by atoms with E-state index in [9.17, 15) is 20.1 Å². The minimum absolute atomic E-state index is 0.175. The van der Waals surface area contributed by atoms with E-state index >= 15 is 0 Å². The van der Waals surface area contributed by atoms with Crippen molar-refractivity contribution >= 4 is 5.91 Å². The zero-order valence-electron chi connectivity index (χ0n) is 11.0. The van der Waals surface area contributed by atoms with Crippen molar-refractivity contribution in [3.63, 3.8) is 0 Å². The SMILES string of the molecule is [2H]CCCCC(=O)N[C@@H]1C(O)O[C@H](CO)[C@@H](O)[C@@H]1O. The van der Waals surface area contributed by atoms with Crippen LogP contribution in [0.2, 0.25) is 0 Å². The lowest BCUT2D eigenvalue weighted by molar-refractivity contribution is -0.253. The third-order valence-corrected chi connectivity index (χ3v) is 2.88. The molecule has 7 heteroatoms. The molecule has 0 aliphatic carbocycles. The Bertz CT molecular complexity index is 292. The van der Waals surface area contributed by atoms with Crippen LogP contribution in [-0.4, -0.2) is 63.6 Å². The van der Waals surface area contributed by atoms with Gasteiger partial charge in [-0.15, -0.1) is 0 Å². The Morgan fingerprint density at radius 2 is 2.11 bits per heavy atom. The molecule has 0 spiro atoms. The van der Waals surface area contributed by atoms with Crippen LogP contribution in [-0.2, 0) is 9.53 Å². The minimum Gasteiger partial charge on any atom is -0.394 e. The van der Waals surface area contributed by atoms with E-state index in [1.165, 1.54) is 0 Å². The van der Waals surface area contributed by atoms with Crippen molar-refractivity contribution in [3.05, 3.63) is 0 Å². The van der Waals surface area contributed by atoms with Gasteiger partial charge in [-0.2, -0.15) is 0 Å². The van der Waals surface area contributed by atoms with E-state index in [4.69, 9.17) is 11.2 Å². The number of aliphatic hydroxyl groups is 4. The number of nitrogens with one attached hydrogen (secondary N) is 1. The molecule has 0 aromatic rings. The molecule has 18 heavy (non-hydrogen) atoms. The standard InChI is InChI=1S/C11H21NO6/c1-2-3-4-7(14)12-8-10(16)9(15)6(5-13)18-11(8)17/h6,8-11,13,15-17H,2-5H2,1H3,(H,12,14)/t6-,8+,9-,10-,11?/m1/s1/i1D. The lowest BCUT2D eigenvalue weighted by Gasteiger charge is -2.40. The van der Waals surface area contributed by atoms with Crippen molar-refractivity contribution in [3.8, 4) is 0 Å². The molecule has 0 bridgehead atoms. The molecule has 1 heterocycles. The van der Waals surface area contributed by atoms with Crippen molar-refractivity contribution in [2.24, 2.45) is 0 Å². The highest BCUT2D eigenvalue weighted by Crippen LogP contribution is 2.19. The third-order valence-electron chi connectivity index (χ3n) is 2.88. The van der Waals surface area contributed by atoms with Gasteiger partial charge in [0.15, 0.2) is 6.29 Å². The largest absolute Gasteiger partial charge is 0.394 e. The zero-order valence-corrected chi connectivity index (χ0v) is 10.0. The van der Waals surface area contributed by atoms with Crippen LogP contribution >= 0.6 is 0 Å². The van der Waals surface area contributed by atoms with Gasteiger partial charge in [0.1, 0.15) is 24.4 Å². The van der Waals surface area contributed by atoms with Gasteiger partial charge >= 0.3 is 0 Å². The lowest BCUT2D eigenvalue weighted by Crippen LogP contribution is -2.64. The normalized spacial score (nSPS) is 37.1. The number of ether oxygens (including phenoxy) is 1. The summed E-state index contributed by atoms with van der Waals surface area (Å²) in [7, 11) is 0. The predicted molar refractivity (Wildman–Crippen MR) is 61.4 cm³/mol. The first-order valence-corrected chi connectivity index (χ1v) is 5.90. The molecule has 0 radical (unpaired) electrons. The molecule has 1 unspecified atom stereocenters. The average molecular weight is 264 g/mol. The Hall–Kier alpha value is -0.730. The summed E-state index contributed by atoms with van der Waals surface area (Å²) in [6.07, 6.45) is -4.06. The first kappa shape index (κ1) is 13.7. The number of amides is 1.